The number of aliphatic hydroxyl groups excluding tert-OH is 1. The third kappa shape index (κ3) is 4.20. The van der Waals surface area contributed by atoms with E-state index in [4.69, 9.17) is 0 Å². The fourth-order valence-electron chi connectivity index (χ4n) is 5.97. The van der Waals surface area contributed by atoms with E-state index in [2.05, 4.69) is 13.8 Å². The maximum absolute atomic E-state index is 12.5. The summed E-state index contributed by atoms with van der Waals surface area (Å²) in [6.07, 6.45) is 11.5. The summed E-state index contributed by atoms with van der Waals surface area (Å²) < 4.78 is 0. The molecule has 2 N–H and O–H groups in total. The zero-order chi connectivity index (χ0) is 21.6. The Morgan fingerprint density at radius 2 is 2.00 bits per heavy atom. The van der Waals surface area contributed by atoms with Crippen LogP contribution in [0.3, 0.4) is 0 Å². The molecule has 0 saturated heterocycles. The molecular formula is C25H36O4. The molecule has 0 spiro atoms. The minimum atomic E-state index is -1.16. The number of rotatable bonds is 5. The molecule has 7 atom stereocenters. The van der Waals surface area contributed by atoms with E-state index in [1.54, 1.807) is 26.0 Å². The number of fused-ring (bicyclic) bond motifs is 2. The molecule has 0 heterocycles. The van der Waals surface area contributed by atoms with E-state index in [0.717, 1.165) is 37.5 Å². The number of carbonyl (C=O) groups is 2. The van der Waals surface area contributed by atoms with Crippen LogP contribution in [0.5, 0.6) is 0 Å². The summed E-state index contributed by atoms with van der Waals surface area (Å²) >= 11 is 0. The molecule has 4 nitrogen and oxygen atoms in total. The number of hydrogen-bond acceptors (Lipinski definition) is 4. The van der Waals surface area contributed by atoms with Crippen LogP contribution in [0.1, 0.15) is 60.3 Å². The van der Waals surface area contributed by atoms with E-state index in [1.807, 2.05) is 19.1 Å². The van der Waals surface area contributed by atoms with Crippen molar-refractivity contribution in [2.75, 3.05) is 0 Å². The van der Waals surface area contributed by atoms with Crippen LogP contribution in [-0.2, 0) is 9.59 Å². The molecule has 1 fully saturated rings. The van der Waals surface area contributed by atoms with Crippen molar-refractivity contribution < 1.29 is 19.8 Å². The van der Waals surface area contributed by atoms with E-state index in [9.17, 15) is 19.8 Å². The van der Waals surface area contributed by atoms with Gasteiger partial charge in [0.25, 0.3) is 0 Å². The van der Waals surface area contributed by atoms with E-state index in [0.29, 0.717) is 17.4 Å². The molecule has 0 aromatic heterocycles. The second kappa shape index (κ2) is 7.96. The Labute approximate surface area is 174 Å². The van der Waals surface area contributed by atoms with Gasteiger partial charge in [-0.25, -0.2) is 0 Å². The van der Waals surface area contributed by atoms with Gasteiger partial charge in [0, 0.05) is 0 Å². The van der Waals surface area contributed by atoms with Gasteiger partial charge in [0.05, 0.1) is 11.5 Å². The van der Waals surface area contributed by atoms with Crippen LogP contribution in [0, 0.1) is 35.0 Å². The monoisotopic (exact) mass is 400 g/mol. The lowest BCUT2D eigenvalue weighted by Crippen LogP contribution is -2.35. The topological polar surface area (TPSA) is 74.6 Å². The predicted octanol–water partition coefficient (Wildman–Crippen LogP) is 4.02. The lowest BCUT2D eigenvalue weighted by Gasteiger charge is -2.40. The van der Waals surface area contributed by atoms with Crippen LogP contribution >= 0.6 is 0 Å². The van der Waals surface area contributed by atoms with Gasteiger partial charge in [-0.3, -0.25) is 9.59 Å². The Morgan fingerprint density at radius 1 is 1.31 bits per heavy atom. The Bertz CT molecular complexity index is 753. The number of ketones is 1. The summed E-state index contributed by atoms with van der Waals surface area (Å²) in [5.41, 5.74) is 0.742. The summed E-state index contributed by atoms with van der Waals surface area (Å²) in [7, 11) is 0. The normalized spacial score (nSPS) is 39.1. The lowest BCUT2D eigenvalue weighted by atomic mass is 9.63. The Balaban J connectivity index is 1.86. The average molecular weight is 401 g/mol. The zero-order valence-electron chi connectivity index (χ0n) is 18.4. The van der Waals surface area contributed by atoms with Gasteiger partial charge in [0.2, 0.25) is 0 Å². The molecule has 0 unspecified atom stereocenters. The van der Waals surface area contributed by atoms with Crippen LogP contribution in [0.25, 0.3) is 0 Å². The number of allylic oxidation sites excluding steroid dienone is 5. The third-order valence-corrected chi connectivity index (χ3v) is 7.91. The average Bonchev–Trinajstić information content (AvgIpc) is 3.08. The first kappa shape index (κ1) is 22.2. The van der Waals surface area contributed by atoms with Gasteiger partial charge < -0.3 is 10.2 Å². The van der Waals surface area contributed by atoms with Crippen molar-refractivity contribution >= 4 is 12.1 Å². The summed E-state index contributed by atoms with van der Waals surface area (Å²) in [5, 5.41) is 20.1. The smallest absolute Gasteiger partial charge is 0.163 e. The van der Waals surface area contributed by atoms with Crippen molar-refractivity contribution in [3.8, 4) is 0 Å². The van der Waals surface area contributed by atoms with E-state index in [1.165, 1.54) is 0 Å². The van der Waals surface area contributed by atoms with Crippen LogP contribution < -0.4 is 0 Å². The predicted molar refractivity (Wildman–Crippen MR) is 114 cm³/mol. The molecule has 4 heteroatoms. The number of carbonyl (C=O) groups excluding carboxylic acids is 2. The second-order valence-corrected chi connectivity index (χ2v) is 10.4. The van der Waals surface area contributed by atoms with Gasteiger partial charge in [0.1, 0.15) is 12.4 Å². The zero-order valence-corrected chi connectivity index (χ0v) is 18.4. The highest BCUT2D eigenvalue weighted by Crippen LogP contribution is 2.58. The van der Waals surface area contributed by atoms with Gasteiger partial charge >= 0.3 is 0 Å². The molecule has 3 aliphatic rings. The minimum Gasteiger partial charge on any atom is -0.387 e. The van der Waals surface area contributed by atoms with E-state index < -0.39 is 11.7 Å². The molecule has 3 rings (SSSR count). The molecule has 0 bridgehead atoms. The maximum atomic E-state index is 12.5. The molecule has 0 aromatic carbocycles. The number of aldehydes is 1. The van der Waals surface area contributed by atoms with E-state index >= 15 is 0 Å². The minimum absolute atomic E-state index is 0.0827. The van der Waals surface area contributed by atoms with Gasteiger partial charge in [-0.1, -0.05) is 37.6 Å². The molecule has 29 heavy (non-hydrogen) atoms. The Morgan fingerprint density at radius 3 is 2.62 bits per heavy atom. The summed E-state index contributed by atoms with van der Waals surface area (Å²) in [5.74, 6) is 1.08. The van der Waals surface area contributed by atoms with Crippen molar-refractivity contribution in [3.05, 3.63) is 35.5 Å². The molecular weight excluding hydrogens is 364 g/mol. The van der Waals surface area contributed by atoms with Crippen molar-refractivity contribution in [2.45, 2.75) is 72.0 Å². The lowest BCUT2D eigenvalue weighted by molar-refractivity contribution is -0.119. The quantitative estimate of drug-likeness (QED) is 0.540. The van der Waals surface area contributed by atoms with Crippen LogP contribution in [0.15, 0.2) is 35.5 Å². The number of aliphatic hydroxyl groups is 2. The summed E-state index contributed by atoms with van der Waals surface area (Å²) in [6.45, 7) is 9.78. The highest BCUT2D eigenvalue weighted by atomic mass is 16.3. The van der Waals surface area contributed by atoms with Crippen molar-refractivity contribution in [1.29, 1.82) is 0 Å². The van der Waals surface area contributed by atoms with Crippen molar-refractivity contribution in [1.82, 2.24) is 0 Å². The van der Waals surface area contributed by atoms with Crippen molar-refractivity contribution in [3.63, 3.8) is 0 Å². The molecule has 0 amide bonds. The first-order valence-corrected chi connectivity index (χ1v) is 10.9. The fourth-order valence-corrected chi connectivity index (χ4v) is 5.97. The highest BCUT2D eigenvalue weighted by molar-refractivity contribution is 6.01. The van der Waals surface area contributed by atoms with Crippen molar-refractivity contribution in [2.24, 2.45) is 35.0 Å². The first-order chi connectivity index (χ1) is 13.5. The molecule has 0 aromatic rings. The molecule has 160 valence electrons. The Kier molecular flexibility index (Phi) is 6.08. The third-order valence-electron chi connectivity index (χ3n) is 7.91. The first-order valence-electron chi connectivity index (χ1n) is 10.9. The van der Waals surface area contributed by atoms with Crippen LogP contribution in [-0.4, -0.2) is 34.0 Å². The largest absolute Gasteiger partial charge is 0.387 e. The van der Waals surface area contributed by atoms with Gasteiger partial charge in [0.15, 0.2) is 5.78 Å². The summed E-state index contributed by atoms with van der Waals surface area (Å²) in [4.78, 5) is 24.3. The highest BCUT2D eigenvalue weighted by Gasteiger charge is 2.50. The van der Waals surface area contributed by atoms with E-state index in [-0.39, 0.29) is 29.0 Å². The van der Waals surface area contributed by atoms with Gasteiger partial charge in [-0.05, 0) is 87.2 Å². The molecule has 0 radical (unpaired) electrons. The fraction of sp³-hybridized carbons (Fsp3) is 0.680. The van der Waals surface area contributed by atoms with Crippen LogP contribution in [0.2, 0.25) is 0 Å². The molecule has 1 saturated carbocycles. The van der Waals surface area contributed by atoms with Crippen LogP contribution in [0.4, 0.5) is 0 Å². The Hall–Kier alpha value is -1.52. The number of hydrogen-bond donors (Lipinski definition) is 2. The second-order valence-electron chi connectivity index (χ2n) is 10.4. The maximum Gasteiger partial charge on any atom is 0.163 e. The van der Waals surface area contributed by atoms with Gasteiger partial charge in [-0.15, -0.1) is 0 Å². The van der Waals surface area contributed by atoms with Gasteiger partial charge in [-0.2, -0.15) is 0 Å². The summed E-state index contributed by atoms with van der Waals surface area (Å²) in [6, 6.07) is 0. The molecule has 0 aliphatic heterocycles. The molecule has 3 aliphatic carbocycles. The SMILES string of the molecule is CC1=CC(=O)[C@H]2/C(C=O)=C\C[C@H]3[C@@H]([C@@H](C)/C=C\[C@@H](O)C(C)(C)O)CC[C@]3(C)C[C@H]12. The standard InChI is InChI=1S/C25H36O4/c1-15(6-9-22(28)24(3,4)29)18-10-11-25(5)13-19-16(2)12-21(27)23(19)17(14-26)7-8-20(18)25/h6-7,9,12,14-15,18-20,22-23,28-29H,8,10-11,13H2,1-5H3/b9-6-,17-7-/t15-,18+,19+,20-,22+,23-,25+/m0/s1.